The van der Waals surface area contributed by atoms with Gasteiger partial charge in [0.15, 0.2) is 0 Å². The molecule has 1 fully saturated rings. The maximum absolute atomic E-state index is 12.9. The van der Waals surface area contributed by atoms with Gasteiger partial charge in [0.2, 0.25) is 0 Å². The van der Waals surface area contributed by atoms with Gasteiger partial charge in [0.05, 0.1) is 0 Å². The van der Waals surface area contributed by atoms with Crippen LogP contribution in [0.2, 0.25) is 0 Å². The number of carbonyl (C=O) groups is 2. The van der Waals surface area contributed by atoms with Gasteiger partial charge in [0, 0.05) is 24.0 Å². The van der Waals surface area contributed by atoms with Gasteiger partial charge in [-0.05, 0) is 62.7 Å². The second-order valence-corrected chi connectivity index (χ2v) is 6.70. The lowest BCUT2D eigenvalue weighted by Gasteiger charge is -2.35. The SMILES string of the molecule is COC1(C(=O)Nc2cccc(NC(=O)c3ccccc3)c2C)CCNCC1.Cl. The van der Waals surface area contributed by atoms with Crippen molar-refractivity contribution in [2.24, 2.45) is 0 Å². The average molecular weight is 404 g/mol. The summed E-state index contributed by atoms with van der Waals surface area (Å²) in [6.07, 6.45) is 1.25. The second-order valence-electron chi connectivity index (χ2n) is 6.70. The third kappa shape index (κ3) is 4.70. The number of hydrogen-bond acceptors (Lipinski definition) is 4. The third-order valence-corrected chi connectivity index (χ3v) is 5.08. The van der Waals surface area contributed by atoms with Crippen LogP contribution in [0.1, 0.15) is 28.8 Å². The first-order valence-electron chi connectivity index (χ1n) is 9.09. The highest BCUT2D eigenvalue weighted by Crippen LogP contribution is 2.28. The number of anilines is 2. The van der Waals surface area contributed by atoms with Crippen molar-refractivity contribution in [3.8, 4) is 0 Å². The van der Waals surface area contributed by atoms with E-state index in [2.05, 4.69) is 16.0 Å². The quantitative estimate of drug-likeness (QED) is 0.715. The van der Waals surface area contributed by atoms with Gasteiger partial charge >= 0.3 is 0 Å². The highest BCUT2D eigenvalue weighted by Gasteiger charge is 2.39. The molecule has 0 aliphatic carbocycles. The average Bonchev–Trinajstić information content (AvgIpc) is 2.72. The predicted molar refractivity (Wildman–Crippen MR) is 113 cm³/mol. The Morgan fingerprint density at radius 1 is 0.964 bits per heavy atom. The molecule has 0 aromatic heterocycles. The molecule has 2 aromatic carbocycles. The molecule has 0 unspecified atom stereocenters. The van der Waals surface area contributed by atoms with E-state index in [0.29, 0.717) is 29.8 Å². The molecule has 0 saturated carbocycles. The highest BCUT2D eigenvalue weighted by molar-refractivity contribution is 6.05. The summed E-state index contributed by atoms with van der Waals surface area (Å²) in [7, 11) is 1.58. The lowest BCUT2D eigenvalue weighted by molar-refractivity contribution is -0.140. The van der Waals surface area contributed by atoms with E-state index in [1.54, 1.807) is 19.2 Å². The monoisotopic (exact) mass is 403 g/mol. The molecule has 150 valence electrons. The van der Waals surface area contributed by atoms with Crippen LogP contribution in [0.15, 0.2) is 48.5 Å². The topological polar surface area (TPSA) is 79.5 Å². The minimum Gasteiger partial charge on any atom is -0.368 e. The second kappa shape index (κ2) is 9.68. The summed E-state index contributed by atoms with van der Waals surface area (Å²) in [6.45, 7) is 3.36. The van der Waals surface area contributed by atoms with E-state index in [1.165, 1.54) is 0 Å². The number of halogens is 1. The Kier molecular flexibility index (Phi) is 7.57. The first kappa shape index (κ1) is 21.9. The van der Waals surface area contributed by atoms with E-state index in [0.717, 1.165) is 18.7 Å². The summed E-state index contributed by atoms with van der Waals surface area (Å²) in [4.78, 5) is 25.3. The summed E-state index contributed by atoms with van der Waals surface area (Å²) in [6, 6.07) is 14.5. The molecule has 6 nitrogen and oxygen atoms in total. The van der Waals surface area contributed by atoms with Gasteiger partial charge < -0.3 is 20.7 Å². The molecule has 3 N–H and O–H groups in total. The summed E-state index contributed by atoms with van der Waals surface area (Å²) >= 11 is 0. The normalized spacial score (nSPS) is 15.2. The van der Waals surface area contributed by atoms with Crippen LogP contribution < -0.4 is 16.0 Å². The van der Waals surface area contributed by atoms with Crippen molar-refractivity contribution >= 4 is 35.6 Å². The molecular formula is C21H26ClN3O3. The molecule has 1 heterocycles. The first-order chi connectivity index (χ1) is 13.1. The molecule has 1 aliphatic rings. The number of methoxy groups -OCH3 is 1. The van der Waals surface area contributed by atoms with E-state index >= 15 is 0 Å². The van der Waals surface area contributed by atoms with Gasteiger partial charge in [-0.1, -0.05) is 24.3 Å². The predicted octanol–water partition coefficient (Wildman–Crippen LogP) is 3.38. The molecule has 1 saturated heterocycles. The fourth-order valence-corrected chi connectivity index (χ4v) is 3.28. The first-order valence-corrected chi connectivity index (χ1v) is 9.09. The molecular weight excluding hydrogens is 378 g/mol. The molecule has 7 heteroatoms. The molecule has 3 rings (SSSR count). The molecule has 0 spiro atoms. The van der Waals surface area contributed by atoms with Gasteiger partial charge in [-0.25, -0.2) is 0 Å². The van der Waals surface area contributed by atoms with Gasteiger partial charge in [-0.3, -0.25) is 9.59 Å². The summed E-state index contributed by atoms with van der Waals surface area (Å²) in [5, 5.41) is 9.14. The number of carbonyl (C=O) groups excluding carboxylic acids is 2. The van der Waals surface area contributed by atoms with Gasteiger partial charge in [0.1, 0.15) is 5.60 Å². The number of rotatable bonds is 5. The van der Waals surface area contributed by atoms with Gasteiger partial charge in [-0.2, -0.15) is 0 Å². The van der Waals surface area contributed by atoms with Crippen LogP contribution in [-0.2, 0) is 9.53 Å². The van der Waals surface area contributed by atoms with Crippen LogP contribution in [0, 0.1) is 6.92 Å². The van der Waals surface area contributed by atoms with Crippen molar-refractivity contribution in [2.75, 3.05) is 30.8 Å². The molecule has 28 heavy (non-hydrogen) atoms. The highest BCUT2D eigenvalue weighted by atomic mass is 35.5. The molecule has 0 radical (unpaired) electrons. The molecule has 0 bridgehead atoms. The Bertz CT molecular complexity index is 821. The number of ether oxygens (including phenoxy) is 1. The Morgan fingerprint density at radius 3 is 2.18 bits per heavy atom. The van der Waals surface area contributed by atoms with Crippen LogP contribution >= 0.6 is 12.4 Å². The Hall–Kier alpha value is -2.41. The molecule has 0 atom stereocenters. The largest absolute Gasteiger partial charge is 0.368 e. The van der Waals surface area contributed by atoms with Crippen molar-refractivity contribution in [2.45, 2.75) is 25.4 Å². The van der Waals surface area contributed by atoms with Crippen LogP contribution in [0.5, 0.6) is 0 Å². The molecule has 1 aliphatic heterocycles. The van der Waals surface area contributed by atoms with Crippen LogP contribution in [0.4, 0.5) is 11.4 Å². The lowest BCUT2D eigenvalue weighted by Crippen LogP contribution is -2.51. The number of piperidine rings is 1. The number of amides is 2. The van der Waals surface area contributed by atoms with E-state index in [-0.39, 0.29) is 24.2 Å². The zero-order chi connectivity index (χ0) is 19.3. The fraction of sp³-hybridized carbons (Fsp3) is 0.333. The van der Waals surface area contributed by atoms with Crippen LogP contribution in [0.25, 0.3) is 0 Å². The molecule has 2 amide bonds. The maximum Gasteiger partial charge on any atom is 0.256 e. The minimum atomic E-state index is -0.818. The van der Waals surface area contributed by atoms with Crippen LogP contribution in [0.3, 0.4) is 0 Å². The van der Waals surface area contributed by atoms with Crippen molar-refractivity contribution in [1.29, 1.82) is 0 Å². The minimum absolute atomic E-state index is 0. The van der Waals surface area contributed by atoms with Gasteiger partial charge in [0.25, 0.3) is 11.8 Å². The lowest BCUT2D eigenvalue weighted by atomic mass is 9.91. The van der Waals surface area contributed by atoms with Crippen molar-refractivity contribution in [1.82, 2.24) is 5.32 Å². The Labute approximate surface area is 171 Å². The standard InChI is InChI=1S/C21H25N3O3.ClH/c1-15-17(23-19(25)16-7-4-3-5-8-16)9-6-10-18(15)24-20(26)21(27-2)11-13-22-14-12-21;/h3-10,22H,11-14H2,1-2H3,(H,23,25)(H,24,26);1H. The number of hydrogen-bond donors (Lipinski definition) is 3. The zero-order valence-electron chi connectivity index (χ0n) is 16.1. The third-order valence-electron chi connectivity index (χ3n) is 5.08. The van der Waals surface area contributed by atoms with Crippen molar-refractivity contribution in [3.63, 3.8) is 0 Å². The van der Waals surface area contributed by atoms with E-state index in [1.807, 2.05) is 43.3 Å². The Balaban J connectivity index is 0.00000280. The fourth-order valence-electron chi connectivity index (χ4n) is 3.28. The molecule has 2 aromatic rings. The smallest absolute Gasteiger partial charge is 0.256 e. The van der Waals surface area contributed by atoms with E-state index in [4.69, 9.17) is 4.74 Å². The van der Waals surface area contributed by atoms with Crippen molar-refractivity contribution < 1.29 is 14.3 Å². The van der Waals surface area contributed by atoms with E-state index in [9.17, 15) is 9.59 Å². The van der Waals surface area contributed by atoms with Crippen molar-refractivity contribution in [3.05, 3.63) is 59.7 Å². The number of benzene rings is 2. The summed E-state index contributed by atoms with van der Waals surface area (Å²) < 4.78 is 5.58. The Morgan fingerprint density at radius 2 is 1.57 bits per heavy atom. The zero-order valence-corrected chi connectivity index (χ0v) is 16.9. The van der Waals surface area contributed by atoms with Gasteiger partial charge in [-0.15, -0.1) is 12.4 Å². The van der Waals surface area contributed by atoms with E-state index < -0.39 is 5.60 Å². The van der Waals surface area contributed by atoms with Crippen LogP contribution in [-0.4, -0.2) is 37.6 Å². The summed E-state index contributed by atoms with van der Waals surface area (Å²) in [5.74, 6) is -0.338. The maximum atomic E-state index is 12.9. The summed E-state index contributed by atoms with van der Waals surface area (Å²) in [5.41, 5.74) is 1.90. The number of nitrogens with one attached hydrogen (secondary N) is 3.